The van der Waals surface area contributed by atoms with Crippen molar-refractivity contribution in [2.45, 2.75) is 13.3 Å². The van der Waals surface area contributed by atoms with Crippen LogP contribution in [0.25, 0.3) is 0 Å². The van der Waals surface area contributed by atoms with E-state index in [1.165, 1.54) is 0 Å². The maximum absolute atomic E-state index is 11.0. The summed E-state index contributed by atoms with van der Waals surface area (Å²) in [7, 11) is 0. The van der Waals surface area contributed by atoms with Gasteiger partial charge in [0, 0.05) is 5.69 Å². The standard InChI is InChI=1S/C10H11NO3/c1-7-2-4-8(5-3-7)11-9(12)6-10(13)14/h2-5H,6H2,1H3,(H,11,12)(H,13,14)/p-1. The highest BCUT2D eigenvalue weighted by Crippen LogP contribution is 2.08. The van der Waals surface area contributed by atoms with Crippen LogP contribution < -0.4 is 10.4 Å². The van der Waals surface area contributed by atoms with Gasteiger partial charge in [0.1, 0.15) is 0 Å². The Labute approximate surface area is 81.6 Å². The minimum absolute atomic E-state index is 0.575. The second kappa shape index (κ2) is 4.41. The molecule has 0 saturated heterocycles. The van der Waals surface area contributed by atoms with E-state index in [2.05, 4.69) is 5.32 Å². The Morgan fingerprint density at radius 1 is 1.29 bits per heavy atom. The summed E-state index contributed by atoms with van der Waals surface area (Å²) >= 11 is 0. The number of amides is 1. The molecule has 1 N–H and O–H groups in total. The van der Waals surface area contributed by atoms with E-state index in [4.69, 9.17) is 0 Å². The average Bonchev–Trinajstić information content (AvgIpc) is 2.07. The third-order valence-electron chi connectivity index (χ3n) is 1.64. The van der Waals surface area contributed by atoms with Crippen molar-refractivity contribution in [2.24, 2.45) is 0 Å². The smallest absolute Gasteiger partial charge is 0.230 e. The number of carbonyl (C=O) groups excluding carboxylic acids is 2. The number of anilines is 1. The zero-order valence-electron chi connectivity index (χ0n) is 7.74. The number of carboxylic acid groups (broad SMARTS) is 1. The monoisotopic (exact) mass is 192 g/mol. The third-order valence-corrected chi connectivity index (χ3v) is 1.64. The van der Waals surface area contributed by atoms with E-state index in [1.54, 1.807) is 12.1 Å². The molecule has 4 heteroatoms. The van der Waals surface area contributed by atoms with E-state index in [-0.39, 0.29) is 0 Å². The molecule has 1 amide bonds. The quantitative estimate of drug-likeness (QED) is 0.689. The lowest BCUT2D eigenvalue weighted by Crippen LogP contribution is -2.28. The SMILES string of the molecule is Cc1ccc(NC(=O)CC(=O)[O-])cc1. The van der Waals surface area contributed by atoms with E-state index in [0.29, 0.717) is 5.69 Å². The summed E-state index contributed by atoms with van der Waals surface area (Å²) in [4.78, 5) is 21.1. The molecule has 1 rings (SSSR count). The number of hydrogen-bond donors (Lipinski definition) is 1. The van der Waals surface area contributed by atoms with Crippen LogP contribution >= 0.6 is 0 Å². The maximum Gasteiger partial charge on any atom is 0.230 e. The maximum atomic E-state index is 11.0. The molecular formula is C10H10NO3-. The fraction of sp³-hybridized carbons (Fsp3) is 0.200. The van der Waals surface area contributed by atoms with Crippen molar-refractivity contribution in [3.05, 3.63) is 29.8 Å². The van der Waals surface area contributed by atoms with Gasteiger partial charge in [0.2, 0.25) is 5.91 Å². The fourth-order valence-corrected chi connectivity index (χ4v) is 0.973. The van der Waals surface area contributed by atoms with Crippen LogP contribution in [0.4, 0.5) is 5.69 Å². The number of aliphatic carboxylic acids is 1. The van der Waals surface area contributed by atoms with Crippen molar-refractivity contribution in [3.8, 4) is 0 Å². The van der Waals surface area contributed by atoms with E-state index in [0.717, 1.165) is 5.56 Å². The number of rotatable bonds is 3. The lowest BCUT2D eigenvalue weighted by molar-refractivity contribution is -0.304. The van der Waals surface area contributed by atoms with Gasteiger partial charge in [0.25, 0.3) is 0 Å². The van der Waals surface area contributed by atoms with Crippen LogP contribution in [0.15, 0.2) is 24.3 Å². The Hall–Kier alpha value is -1.84. The first-order valence-corrected chi connectivity index (χ1v) is 4.14. The minimum atomic E-state index is -1.38. The molecule has 0 unspecified atom stereocenters. The second-order valence-electron chi connectivity index (χ2n) is 2.96. The minimum Gasteiger partial charge on any atom is -0.550 e. The summed E-state index contributed by atoms with van der Waals surface area (Å²) in [6.07, 6.45) is -0.617. The van der Waals surface area contributed by atoms with Crippen molar-refractivity contribution in [2.75, 3.05) is 5.32 Å². The average molecular weight is 192 g/mol. The number of benzene rings is 1. The van der Waals surface area contributed by atoms with E-state index in [9.17, 15) is 14.7 Å². The molecule has 0 aliphatic rings. The molecular weight excluding hydrogens is 182 g/mol. The van der Waals surface area contributed by atoms with E-state index >= 15 is 0 Å². The van der Waals surface area contributed by atoms with Crippen molar-refractivity contribution in [1.29, 1.82) is 0 Å². The van der Waals surface area contributed by atoms with E-state index < -0.39 is 18.3 Å². The summed E-state index contributed by atoms with van der Waals surface area (Å²) < 4.78 is 0. The lowest BCUT2D eigenvalue weighted by Gasteiger charge is -2.05. The zero-order valence-corrected chi connectivity index (χ0v) is 7.74. The number of carboxylic acids is 1. The predicted octanol–water partition coefficient (Wildman–Crippen LogP) is 0.0735. The van der Waals surface area contributed by atoms with Crippen LogP contribution in [0, 0.1) is 6.92 Å². The topological polar surface area (TPSA) is 69.2 Å². The number of carbonyl (C=O) groups is 2. The van der Waals surface area contributed by atoms with Gasteiger partial charge in [0.15, 0.2) is 0 Å². The number of nitrogens with one attached hydrogen (secondary N) is 1. The summed E-state index contributed by atoms with van der Waals surface area (Å²) in [5.41, 5.74) is 1.66. The van der Waals surface area contributed by atoms with Crippen LogP contribution in [0.2, 0.25) is 0 Å². The van der Waals surface area contributed by atoms with Crippen LogP contribution in [-0.4, -0.2) is 11.9 Å². The molecule has 0 aromatic heterocycles. The first-order valence-electron chi connectivity index (χ1n) is 4.14. The summed E-state index contributed by atoms with van der Waals surface area (Å²) in [5.74, 6) is -1.96. The molecule has 0 saturated carbocycles. The molecule has 0 aliphatic carbocycles. The highest BCUT2D eigenvalue weighted by atomic mass is 16.4. The van der Waals surface area contributed by atoms with Crippen LogP contribution in [0.5, 0.6) is 0 Å². The van der Waals surface area contributed by atoms with Gasteiger partial charge in [-0.2, -0.15) is 0 Å². The Bertz CT molecular complexity index is 343. The lowest BCUT2D eigenvalue weighted by atomic mass is 10.2. The van der Waals surface area contributed by atoms with Gasteiger partial charge in [0.05, 0.1) is 12.4 Å². The Balaban J connectivity index is 2.56. The van der Waals surface area contributed by atoms with Gasteiger partial charge in [-0.15, -0.1) is 0 Å². The normalized spacial score (nSPS) is 9.50. The molecule has 0 aliphatic heterocycles. The summed E-state index contributed by atoms with van der Waals surface area (Å²) in [5, 5.41) is 12.5. The Morgan fingerprint density at radius 2 is 1.86 bits per heavy atom. The van der Waals surface area contributed by atoms with Gasteiger partial charge < -0.3 is 15.2 Å². The van der Waals surface area contributed by atoms with Crippen molar-refractivity contribution < 1.29 is 14.7 Å². The van der Waals surface area contributed by atoms with Gasteiger partial charge in [-0.3, -0.25) is 4.79 Å². The molecule has 1 aromatic carbocycles. The molecule has 0 atom stereocenters. The van der Waals surface area contributed by atoms with Gasteiger partial charge in [-0.25, -0.2) is 0 Å². The highest BCUT2D eigenvalue weighted by molar-refractivity contribution is 6.00. The van der Waals surface area contributed by atoms with Gasteiger partial charge in [-0.1, -0.05) is 17.7 Å². The highest BCUT2D eigenvalue weighted by Gasteiger charge is 2.01. The largest absolute Gasteiger partial charge is 0.550 e. The summed E-state index contributed by atoms with van der Waals surface area (Å²) in [6.45, 7) is 1.92. The van der Waals surface area contributed by atoms with Crippen molar-refractivity contribution >= 4 is 17.6 Å². The second-order valence-corrected chi connectivity index (χ2v) is 2.96. The Kier molecular flexibility index (Phi) is 3.23. The molecule has 0 fully saturated rings. The molecule has 0 heterocycles. The van der Waals surface area contributed by atoms with Crippen LogP contribution in [-0.2, 0) is 9.59 Å². The fourth-order valence-electron chi connectivity index (χ4n) is 0.973. The summed E-state index contributed by atoms with van der Waals surface area (Å²) in [6, 6.07) is 7.08. The molecule has 0 spiro atoms. The first-order chi connectivity index (χ1) is 6.58. The number of hydrogen-bond acceptors (Lipinski definition) is 3. The first kappa shape index (κ1) is 10.2. The molecule has 4 nitrogen and oxygen atoms in total. The van der Waals surface area contributed by atoms with Crippen LogP contribution in [0.3, 0.4) is 0 Å². The molecule has 1 aromatic rings. The predicted molar refractivity (Wildman–Crippen MR) is 49.4 cm³/mol. The zero-order chi connectivity index (χ0) is 10.6. The van der Waals surface area contributed by atoms with Crippen molar-refractivity contribution in [3.63, 3.8) is 0 Å². The van der Waals surface area contributed by atoms with E-state index in [1.807, 2.05) is 19.1 Å². The number of aryl methyl sites for hydroxylation is 1. The molecule has 0 radical (unpaired) electrons. The Morgan fingerprint density at radius 3 is 2.36 bits per heavy atom. The van der Waals surface area contributed by atoms with Crippen LogP contribution in [0.1, 0.15) is 12.0 Å². The van der Waals surface area contributed by atoms with Crippen molar-refractivity contribution in [1.82, 2.24) is 0 Å². The third kappa shape index (κ3) is 3.26. The van der Waals surface area contributed by atoms with Gasteiger partial charge in [-0.05, 0) is 19.1 Å². The van der Waals surface area contributed by atoms with Gasteiger partial charge >= 0.3 is 0 Å². The molecule has 14 heavy (non-hydrogen) atoms. The molecule has 0 bridgehead atoms. The molecule has 74 valence electrons.